The van der Waals surface area contributed by atoms with Crippen molar-refractivity contribution in [3.05, 3.63) is 66.6 Å². The molecule has 3 rings (SSSR count). The van der Waals surface area contributed by atoms with E-state index in [9.17, 15) is 14.9 Å². The van der Waals surface area contributed by atoms with E-state index in [1.807, 2.05) is 12.1 Å². The fourth-order valence-corrected chi connectivity index (χ4v) is 4.87. The number of carbonyl (C=O) groups is 1. The maximum atomic E-state index is 12.0. The maximum absolute atomic E-state index is 12.0. The number of nitrogens with one attached hydrogen (secondary N) is 2. The third-order valence-corrected chi connectivity index (χ3v) is 6.29. The number of amides is 1. The van der Waals surface area contributed by atoms with Crippen molar-refractivity contribution in [3.63, 3.8) is 0 Å². The first-order valence-electron chi connectivity index (χ1n) is 10.3. The Labute approximate surface area is 203 Å². The van der Waals surface area contributed by atoms with Crippen LogP contribution in [0, 0.1) is 10.1 Å². The quantitative estimate of drug-likeness (QED) is 0.250. The highest BCUT2D eigenvalue weighted by atomic mass is 79.9. The van der Waals surface area contributed by atoms with Gasteiger partial charge in [-0.3, -0.25) is 14.9 Å². The number of rotatable bonds is 9. The summed E-state index contributed by atoms with van der Waals surface area (Å²) in [4.78, 5) is 22.3. The zero-order chi connectivity index (χ0) is 22.9. The third-order valence-electron chi connectivity index (χ3n) is 5.11. The summed E-state index contributed by atoms with van der Waals surface area (Å²) in [6, 6.07) is 10.3. The number of nitro benzene ring substituents is 1. The molecule has 1 aliphatic carbocycles. The summed E-state index contributed by atoms with van der Waals surface area (Å²) in [6.45, 7) is 0.511. The van der Waals surface area contributed by atoms with Gasteiger partial charge in [0.05, 0.1) is 26.6 Å². The van der Waals surface area contributed by atoms with Crippen LogP contribution in [0.15, 0.2) is 50.4 Å². The van der Waals surface area contributed by atoms with Gasteiger partial charge in [-0.1, -0.05) is 19.3 Å². The average Bonchev–Trinajstić information content (AvgIpc) is 2.78. The molecular weight excluding hydrogens is 544 g/mol. The first-order valence-corrected chi connectivity index (χ1v) is 11.9. The minimum absolute atomic E-state index is 0.0385. The second kappa shape index (κ2) is 12.1. The molecule has 0 bridgehead atoms. The van der Waals surface area contributed by atoms with Gasteiger partial charge in [0.15, 0.2) is 0 Å². The van der Waals surface area contributed by atoms with Gasteiger partial charge in [0, 0.05) is 18.2 Å². The van der Waals surface area contributed by atoms with E-state index in [0.29, 0.717) is 20.7 Å². The molecule has 10 heteroatoms. The van der Waals surface area contributed by atoms with Crippen LogP contribution in [-0.4, -0.2) is 29.6 Å². The molecule has 32 heavy (non-hydrogen) atoms. The maximum Gasteiger partial charge on any atom is 0.269 e. The van der Waals surface area contributed by atoms with E-state index >= 15 is 0 Å². The fourth-order valence-electron chi connectivity index (χ4n) is 3.42. The van der Waals surface area contributed by atoms with E-state index < -0.39 is 4.92 Å². The van der Waals surface area contributed by atoms with Crippen LogP contribution in [-0.2, 0) is 11.4 Å². The Morgan fingerprint density at radius 2 is 1.81 bits per heavy atom. The molecule has 0 aliphatic heterocycles. The van der Waals surface area contributed by atoms with Crippen molar-refractivity contribution in [3.8, 4) is 5.75 Å². The normalized spacial score (nSPS) is 14.4. The predicted octanol–water partition coefficient (Wildman–Crippen LogP) is 5.07. The Morgan fingerprint density at radius 1 is 1.16 bits per heavy atom. The number of hydrazone groups is 1. The number of hydrogen-bond donors (Lipinski definition) is 2. The molecule has 0 heterocycles. The van der Waals surface area contributed by atoms with Gasteiger partial charge in [-0.25, -0.2) is 5.43 Å². The summed E-state index contributed by atoms with van der Waals surface area (Å²) in [7, 11) is 0. The molecule has 1 aliphatic rings. The smallest absolute Gasteiger partial charge is 0.269 e. The predicted molar refractivity (Wildman–Crippen MR) is 130 cm³/mol. The molecule has 1 amide bonds. The van der Waals surface area contributed by atoms with Crippen LogP contribution >= 0.6 is 31.9 Å². The van der Waals surface area contributed by atoms with Crippen LogP contribution in [0.5, 0.6) is 5.75 Å². The number of nitrogens with zero attached hydrogens (tertiary/aromatic N) is 2. The molecule has 0 unspecified atom stereocenters. The lowest BCUT2D eigenvalue weighted by molar-refractivity contribution is -0.384. The standard InChI is InChI=1S/C22H24Br2N4O4/c23-19-10-16(12-26-27-21(29)13-25-17-4-2-1-3-5-17)11-20(24)22(19)32-14-15-6-8-18(9-7-15)28(30)31/h6-12,17,25H,1-5,13-14H2,(H,27,29)/b26-12-. The monoisotopic (exact) mass is 566 g/mol. The van der Waals surface area contributed by atoms with Gasteiger partial charge < -0.3 is 10.1 Å². The SMILES string of the molecule is O=C(CNC1CCCCC1)N/N=C\c1cc(Br)c(OCc2ccc([N+](=O)[O-])cc2)c(Br)c1. The van der Waals surface area contributed by atoms with E-state index in [1.165, 1.54) is 31.4 Å². The van der Waals surface area contributed by atoms with Gasteiger partial charge in [0.25, 0.3) is 11.6 Å². The molecule has 0 radical (unpaired) electrons. The summed E-state index contributed by atoms with van der Waals surface area (Å²) < 4.78 is 7.27. The number of hydrogen-bond acceptors (Lipinski definition) is 6. The zero-order valence-corrected chi connectivity index (χ0v) is 20.5. The van der Waals surface area contributed by atoms with Gasteiger partial charge >= 0.3 is 0 Å². The lowest BCUT2D eigenvalue weighted by atomic mass is 9.95. The average molecular weight is 568 g/mol. The lowest BCUT2D eigenvalue weighted by Crippen LogP contribution is -2.38. The van der Waals surface area contributed by atoms with Gasteiger partial charge in [-0.05, 0) is 80.1 Å². The second-order valence-electron chi connectivity index (χ2n) is 7.53. The number of carbonyl (C=O) groups excluding carboxylic acids is 1. The lowest BCUT2D eigenvalue weighted by Gasteiger charge is -2.22. The Bertz CT molecular complexity index is 953. The molecule has 1 fully saturated rings. The van der Waals surface area contributed by atoms with Gasteiger partial charge in [0.2, 0.25) is 0 Å². The van der Waals surface area contributed by atoms with Crippen molar-refractivity contribution in [2.45, 2.75) is 44.8 Å². The highest BCUT2D eigenvalue weighted by Gasteiger charge is 2.14. The highest BCUT2D eigenvalue weighted by molar-refractivity contribution is 9.11. The van der Waals surface area contributed by atoms with E-state index in [4.69, 9.17) is 4.74 Å². The Morgan fingerprint density at radius 3 is 2.44 bits per heavy atom. The first kappa shape index (κ1) is 24.3. The molecule has 0 spiro atoms. The molecule has 170 valence electrons. The Kier molecular flexibility index (Phi) is 9.19. The number of ether oxygens (including phenoxy) is 1. The van der Waals surface area contributed by atoms with Crippen molar-refractivity contribution in [2.75, 3.05) is 6.54 Å². The van der Waals surface area contributed by atoms with Crippen molar-refractivity contribution < 1.29 is 14.5 Å². The minimum Gasteiger partial charge on any atom is -0.487 e. The van der Waals surface area contributed by atoms with Crippen LogP contribution in [0.25, 0.3) is 0 Å². The largest absolute Gasteiger partial charge is 0.487 e. The van der Waals surface area contributed by atoms with Crippen LogP contribution in [0.2, 0.25) is 0 Å². The van der Waals surface area contributed by atoms with Crippen LogP contribution in [0.4, 0.5) is 5.69 Å². The van der Waals surface area contributed by atoms with Crippen molar-refractivity contribution in [1.82, 2.24) is 10.7 Å². The molecule has 8 nitrogen and oxygen atoms in total. The number of benzene rings is 2. The van der Waals surface area contributed by atoms with Gasteiger partial charge in [-0.15, -0.1) is 0 Å². The molecule has 0 aromatic heterocycles. The molecule has 1 saturated carbocycles. The number of nitro groups is 1. The summed E-state index contributed by atoms with van der Waals surface area (Å²) in [5, 5.41) is 18.1. The summed E-state index contributed by atoms with van der Waals surface area (Å²) >= 11 is 6.98. The summed E-state index contributed by atoms with van der Waals surface area (Å²) in [6.07, 6.45) is 7.52. The van der Waals surface area contributed by atoms with Crippen molar-refractivity contribution in [1.29, 1.82) is 0 Å². The fraction of sp³-hybridized carbons (Fsp3) is 0.364. The van der Waals surface area contributed by atoms with Crippen LogP contribution < -0.4 is 15.5 Å². The highest BCUT2D eigenvalue weighted by Crippen LogP contribution is 2.35. The van der Waals surface area contributed by atoms with E-state index in [0.717, 1.165) is 24.0 Å². The molecule has 2 aromatic rings. The molecule has 2 aromatic carbocycles. The van der Waals surface area contributed by atoms with Crippen LogP contribution in [0.3, 0.4) is 0 Å². The minimum atomic E-state index is -0.437. The van der Waals surface area contributed by atoms with Gasteiger partial charge in [0.1, 0.15) is 12.4 Å². The summed E-state index contributed by atoms with van der Waals surface area (Å²) in [5.41, 5.74) is 4.16. The topological polar surface area (TPSA) is 106 Å². The van der Waals surface area contributed by atoms with Crippen molar-refractivity contribution in [2.24, 2.45) is 5.10 Å². The number of non-ortho nitro benzene ring substituents is 1. The molecular formula is C22H24Br2N4O4. The van der Waals surface area contributed by atoms with E-state index in [2.05, 4.69) is 47.7 Å². The molecule has 0 saturated heterocycles. The number of halogens is 2. The zero-order valence-electron chi connectivity index (χ0n) is 17.4. The van der Waals surface area contributed by atoms with Crippen LogP contribution in [0.1, 0.15) is 43.2 Å². The first-order chi connectivity index (χ1) is 15.4. The van der Waals surface area contributed by atoms with Gasteiger partial charge in [-0.2, -0.15) is 5.10 Å². The second-order valence-corrected chi connectivity index (χ2v) is 9.24. The summed E-state index contributed by atoms with van der Waals surface area (Å²) in [5.74, 6) is 0.425. The molecule has 2 N–H and O–H groups in total. The van der Waals surface area contributed by atoms with E-state index in [-0.39, 0.29) is 24.7 Å². The Hall–Kier alpha value is -2.30. The van der Waals surface area contributed by atoms with E-state index in [1.54, 1.807) is 18.3 Å². The Balaban J connectivity index is 1.50. The third kappa shape index (κ3) is 7.39. The van der Waals surface area contributed by atoms with Crippen molar-refractivity contribution >= 4 is 49.7 Å². The molecule has 0 atom stereocenters.